The summed E-state index contributed by atoms with van der Waals surface area (Å²) in [5.41, 5.74) is 2.00. The van der Waals surface area contributed by atoms with E-state index >= 15 is 0 Å². The van der Waals surface area contributed by atoms with Gasteiger partial charge in [0.15, 0.2) is 0 Å². The van der Waals surface area contributed by atoms with Gasteiger partial charge in [0.2, 0.25) is 5.91 Å². The van der Waals surface area contributed by atoms with Crippen LogP contribution in [0.2, 0.25) is 0 Å². The summed E-state index contributed by atoms with van der Waals surface area (Å²) in [6, 6.07) is 11.5. The molecular formula is C24H32N4O3. The molecule has 31 heavy (non-hydrogen) atoms. The molecule has 3 N–H and O–H groups in total. The molecule has 166 valence electrons. The van der Waals surface area contributed by atoms with Crippen molar-refractivity contribution in [3.63, 3.8) is 0 Å². The average Bonchev–Trinajstić information content (AvgIpc) is 2.79. The van der Waals surface area contributed by atoms with Gasteiger partial charge >= 0.3 is 6.03 Å². The average molecular weight is 425 g/mol. The van der Waals surface area contributed by atoms with E-state index in [1.165, 1.54) is 19.3 Å². The summed E-state index contributed by atoms with van der Waals surface area (Å²) in [6.45, 7) is 2.71. The van der Waals surface area contributed by atoms with E-state index in [1.54, 1.807) is 12.4 Å². The molecule has 2 aromatic rings. The Hall–Kier alpha value is -3.09. The number of amides is 3. The molecule has 1 heterocycles. The van der Waals surface area contributed by atoms with Crippen LogP contribution in [0, 0.1) is 0 Å². The second kappa shape index (κ2) is 11.9. The van der Waals surface area contributed by atoms with E-state index in [2.05, 4.69) is 20.9 Å². The fourth-order valence-electron chi connectivity index (χ4n) is 3.67. The van der Waals surface area contributed by atoms with Gasteiger partial charge in [-0.25, -0.2) is 4.79 Å². The third-order valence-corrected chi connectivity index (χ3v) is 5.46. The van der Waals surface area contributed by atoms with Crippen LogP contribution in [0.15, 0.2) is 48.8 Å². The number of hydrogen-bond donors (Lipinski definition) is 3. The van der Waals surface area contributed by atoms with Crippen molar-refractivity contribution in [1.29, 1.82) is 0 Å². The number of rotatable bonds is 9. The SMILES string of the molecule is CC(NC(=O)CCNC(=O)NC1CCCCC1)c1ccc(OCc2cccnc2)cc1. The molecule has 0 aliphatic heterocycles. The second-order valence-electron chi connectivity index (χ2n) is 7.99. The molecule has 1 fully saturated rings. The van der Waals surface area contributed by atoms with Crippen LogP contribution in [0.3, 0.4) is 0 Å². The summed E-state index contributed by atoms with van der Waals surface area (Å²) >= 11 is 0. The van der Waals surface area contributed by atoms with Gasteiger partial charge in [-0.3, -0.25) is 9.78 Å². The molecule has 7 nitrogen and oxygen atoms in total. The highest BCUT2D eigenvalue weighted by atomic mass is 16.5. The summed E-state index contributed by atoms with van der Waals surface area (Å²) < 4.78 is 5.76. The molecule has 3 amide bonds. The Kier molecular flexibility index (Phi) is 8.70. The van der Waals surface area contributed by atoms with E-state index in [-0.39, 0.29) is 30.4 Å². The smallest absolute Gasteiger partial charge is 0.315 e. The van der Waals surface area contributed by atoms with Gasteiger partial charge in [-0.05, 0) is 43.5 Å². The number of urea groups is 1. The summed E-state index contributed by atoms with van der Waals surface area (Å²) in [5, 5.41) is 8.73. The molecule has 3 rings (SSSR count). The summed E-state index contributed by atoms with van der Waals surface area (Å²) in [4.78, 5) is 28.2. The Bertz CT molecular complexity index is 820. The number of ether oxygens (including phenoxy) is 1. The number of aromatic nitrogens is 1. The molecule has 1 atom stereocenters. The second-order valence-corrected chi connectivity index (χ2v) is 7.99. The van der Waals surface area contributed by atoms with Crippen LogP contribution in [-0.2, 0) is 11.4 Å². The fraction of sp³-hybridized carbons (Fsp3) is 0.458. The summed E-state index contributed by atoms with van der Waals surface area (Å²) in [7, 11) is 0. The maximum Gasteiger partial charge on any atom is 0.315 e. The first-order valence-corrected chi connectivity index (χ1v) is 11.1. The zero-order valence-electron chi connectivity index (χ0n) is 18.1. The minimum atomic E-state index is -0.186. The van der Waals surface area contributed by atoms with Crippen molar-refractivity contribution >= 4 is 11.9 Å². The highest BCUT2D eigenvalue weighted by molar-refractivity contribution is 5.78. The predicted octanol–water partition coefficient (Wildman–Crippen LogP) is 3.86. The topological polar surface area (TPSA) is 92.4 Å². The van der Waals surface area contributed by atoms with E-state index in [9.17, 15) is 9.59 Å². The summed E-state index contributed by atoms with van der Waals surface area (Å²) in [6.07, 6.45) is 9.42. The van der Waals surface area contributed by atoms with Crippen LogP contribution in [0.25, 0.3) is 0 Å². The minimum Gasteiger partial charge on any atom is -0.489 e. The van der Waals surface area contributed by atoms with E-state index in [4.69, 9.17) is 4.74 Å². The molecular weight excluding hydrogens is 392 g/mol. The molecule has 1 saturated carbocycles. The van der Waals surface area contributed by atoms with E-state index < -0.39 is 0 Å². The molecule has 0 saturated heterocycles. The Balaban J connectivity index is 1.34. The molecule has 1 unspecified atom stereocenters. The van der Waals surface area contributed by atoms with Gasteiger partial charge in [0, 0.05) is 37.0 Å². The molecule has 0 spiro atoms. The lowest BCUT2D eigenvalue weighted by atomic mass is 9.96. The third kappa shape index (κ3) is 7.92. The zero-order chi connectivity index (χ0) is 21.9. The van der Waals surface area contributed by atoms with Crippen LogP contribution >= 0.6 is 0 Å². The lowest BCUT2D eigenvalue weighted by molar-refractivity contribution is -0.121. The molecule has 1 aromatic heterocycles. The summed E-state index contributed by atoms with van der Waals surface area (Å²) in [5.74, 6) is 0.668. The zero-order valence-corrected chi connectivity index (χ0v) is 18.1. The van der Waals surface area contributed by atoms with Gasteiger partial charge in [-0.15, -0.1) is 0 Å². The first-order chi connectivity index (χ1) is 15.1. The Morgan fingerprint density at radius 3 is 2.61 bits per heavy atom. The van der Waals surface area contributed by atoms with Gasteiger partial charge < -0.3 is 20.7 Å². The highest BCUT2D eigenvalue weighted by Gasteiger charge is 2.15. The van der Waals surface area contributed by atoms with Crippen molar-refractivity contribution in [2.45, 2.75) is 64.1 Å². The van der Waals surface area contributed by atoms with Crippen LogP contribution < -0.4 is 20.7 Å². The van der Waals surface area contributed by atoms with Gasteiger partial charge in [0.05, 0.1) is 6.04 Å². The van der Waals surface area contributed by atoms with Crippen LogP contribution in [0.1, 0.15) is 62.6 Å². The van der Waals surface area contributed by atoms with Crippen molar-refractivity contribution in [2.24, 2.45) is 0 Å². The molecule has 0 bridgehead atoms. The van der Waals surface area contributed by atoms with E-state index in [0.717, 1.165) is 29.7 Å². The van der Waals surface area contributed by atoms with E-state index in [1.807, 2.05) is 43.3 Å². The number of hydrogen-bond acceptors (Lipinski definition) is 4. The quantitative estimate of drug-likeness (QED) is 0.570. The highest BCUT2D eigenvalue weighted by Crippen LogP contribution is 2.19. The van der Waals surface area contributed by atoms with Gasteiger partial charge in [0.1, 0.15) is 12.4 Å². The number of nitrogens with one attached hydrogen (secondary N) is 3. The molecule has 1 aliphatic carbocycles. The maximum absolute atomic E-state index is 12.2. The number of carbonyl (C=O) groups excluding carboxylic acids is 2. The fourth-order valence-corrected chi connectivity index (χ4v) is 3.67. The number of carbonyl (C=O) groups is 2. The lowest BCUT2D eigenvalue weighted by Crippen LogP contribution is -2.43. The number of pyridine rings is 1. The standard InChI is InChI=1S/C24H32N4O3/c1-18(20-9-11-22(12-10-20)31-17-19-6-5-14-25-16-19)27-23(29)13-15-26-24(30)28-21-7-3-2-4-8-21/h5-6,9-12,14,16,18,21H,2-4,7-8,13,15,17H2,1H3,(H,27,29)(H2,26,28,30). The molecule has 1 aliphatic rings. The van der Waals surface area contributed by atoms with E-state index in [0.29, 0.717) is 13.2 Å². The Labute approximate surface area is 184 Å². The van der Waals surface area contributed by atoms with Crippen molar-refractivity contribution in [1.82, 2.24) is 20.9 Å². The lowest BCUT2D eigenvalue weighted by Gasteiger charge is -2.22. The normalized spacial score (nSPS) is 15.0. The van der Waals surface area contributed by atoms with Crippen LogP contribution in [-0.4, -0.2) is 29.5 Å². The maximum atomic E-state index is 12.2. The third-order valence-electron chi connectivity index (χ3n) is 5.46. The minimum absolute atomic E-state index is 0.0950. The van der Waals surface area contributed by atoms with Crippen molar-refractivity contribution in [2.75, 3.05) is 6.54 Å². The van der Waals surface area contributed by atoms with Crippen molar-refractivity contribution < 1.29 is 14.3 Å². The van der Waals surface area contributed by atoms with Crippen molar-refractivity contribution in [3.05, 3.63) is 59.9 Å². The van der Waals surface area contributed by atoms with Gasteiger partial charge in [0.25, 0.3) is 0 Å². The molecule has 0 radical (unpaired) electrons. The first kappa shape index (κ1) is 22.6. The number of nitrogens with zero attached hydrogens (tertiary/aromatic N) is 1. The van der Waals surface area contributed by atoms with Crippen molar-refractivity contribution in [3.8, 4) is 5.75 Å². The van der Waals surface area contributed by atoms with Crippen LogP contribution in [0.5, 0.6) is 5.75 Å². The Morgan fingerprint density at radius 1 is 1.13 bits per heavy atom. The number of benzene rings is 1. The monoisotopic (exact) mass is 424 g/mol. The first-order valence-electron chi connectivity index (χ1n) is 11.1. The molecule has 1 aromatic carbocycles. The Morgan fingerprint density at radius 2 is 1.90 bits per heavy atom. The van der Waals surface area contributed by atoms with Gasteiger partial charge in [-0.1, -0.05) is 37.5 Å². The molecule has 7 heteroatoms. The predicted molar refractivity (Wildman–Crippen MR) is 120 cm³/mol. The van der Waals surface area contributed by atoms with Gasteiger partial charge in [-0.2, -0.15) is 0 Å². The largest absolute Gasteiger partial charge is 0.489 e. The van der Waals surface area contributed by atoms with Crippen LogP contribution in [0.4, 0.5) is 4.79 Å².